The maximum absolute atomic E-state index is 11.6. The third-order valence-corrected chi connectivity index (χ3v) is 4.15. The van der Waals surface area contributed by atoms with Crippen molar-refractivity contribution in [3.63, 3.8) is 0 Å². The number of carbonyl (C=O) groups excluding carboxylic acids is 1. The predicted octanol–water partition coefficient (Wildman–Crippen LogP) is 0.312. The maximum atomic E-state index is 11.6. The number of carbonyl (C=O) groups is 1. The fraction of sp³-hybridized carbons (Fsp3) is 0.462. The summed E-state index contributed by atoms with van der Waals surface area (Å²) in [6.07, 6.45) is 2.10. The summed E-state index contributed by atoms with van der Waals surface area (Å²) >= 11 is 0. The Morgan fingerprint density at radius 1 is 1.29 bits per heavy atom. The van der Waals surface area contributed by atoms with E-state index in [1.54, 1.807) is 12.1 Å². The van der Waals surface area contributed by atoms with Gasteiger partial charge in [0.25, 0.3) is 0 Å². The number of rotatable bonds is 5. The van der Waals surface area contributed by atoms with E-state index in [2.05, 4.69) is 10.6 Å². The smallest absolute Gasteiger partial charge is 0.315 e. The number of benzene rings is 1. The van der Waals surface area contributed by atoms with Crippen molar-refractivity contribution in [2.45, 2.75) is 30.4 Å². The highest BCUT2D eigenvalue weighted by atomic mass is 32.2. The van der Waals surface area contributed by atoms with Crippen LogP contribution in [0, 0.1) is 0 Å². The van der Waals surface area contributed by atoms with Crippen molar-refractivity contribution in [1.82, 2.24) is 10.6 Å². The van der Waals surface area contributed by atoms with Crippen LogP contribution in [-0.4, -0.2) is 33.7 Å². The minimum Gasteiger partial charge on any atom is -0.376 e. The monoisotopic (exact) mass is 313 g/mol. The fourth-order valence-electron chi connectivity index (χ4n) is 2.05. The molecule has 1 fully saturated rings. The Balaban J connectivity index is 1.75. The van der Waals surface area contributed by atoms with Crippen molar-refractivity contribution in [3.8, 4) is 0 Å². The molecule has 0 bridgehead atoms. The van der Waals surface area contributed by atoms with E-state index in [-0.39, 0.29) is 17.0 Å². The van der Waals surface area contributed by atoms with E-state index < -0.39 is 10.0 Å². The van der Waals surface area contributed by atoms with Gasteiger partial charge in [0, 0.05) is 19.7 Å². The van der Waals surface area contributed by atoms with Gasteiger partial charge in [-0.3, -0.25) is 0 Å². The van der Waals surface area contributed by atoms with Gasteiger partial charge in [0.2, 0.25) is 10.0 Å². The Hall–Kier alpha value is -1.64. The van der Waals surface area contributed by atoms with E-state index in [1.165, 1.54) is 12.1 Å². The molecule has 8 heteroatoms. The first-order valence-electron chi connectivity index (χ1n) is 6.70. The van der Waals surface area contributed by atoms with Gasteiger partial charge in [0.05, 0.1) is 11.0 Å². The summed E-state index contributed by atoms with van der Waals surface area (Å²) in [7, 11) is -3.68. The molecule has 1 heterocycles. The SMILES string of the molecule is NS(=O)(=O)c1ccc(CNC(=O)NC[C@@H]2CCCO2)cc1. The van der Waals surface area contributed by atoms with Gasteiger partial charge in [-0.2, -0.15) is 0 Å². The number of nitrogens with one attached hydrogen (secondary N) is 2. The first kappa shape index (κ1) is 15.7. The quantitative estimate of drug-likeness (QED) is 0.726. The molecule has 21 heavy (non-hydrogen) atoms. The molecule has 1 aliphatic rings. The van der Waals surface area contributed by atoms with Crippen LogP contribution in [0.2, 0.25) is 0 Å². The summed E-state index contributed by atoms with van der Waals surface area (Å²) in [4.78, 5) is 11.7. The average molecular weight is 313 g/mol. The third kappa shape index (κ3) is 5.00. The molecule has 116 valence electrons. The molecule has 0 aromatic heterocycles. The Morgan fingerprint density at radius 2 is 2.00 bits per heavy atom. The minimum absolute atomic E-state index is 0.0501. The molecule has 0 radical (unpaired) electrons. The summed E-state index contributed by atoms with van der Waals surface area (Å²) in [5.74, 6) is 0. The first-order chi connectivity index (χ1) is 9.95. The van der Waals surface area contributed by atoms with Crippen LogP contribution in [-0.2, 0) is 21.3 Å². The third-order valence-electron chi connectivity index (χ3n) is 3.22. The number of ether oxygens (including phenoxy) is 1. The summed E-state index contributed by atoms with van der Waals surface area (Å²) in [6.45, 7) is 1.56. The standard InChI is InChI=1S/C13H19N3O4S/c14-21(18,19)12-5-3-10(4-6-12)8-15-13(17)16-9-11-2-1-7-20-11/h3-6,11H,1-2,7-9H2,(H2,14,18,19)(H2,15,16,17)/t11-/m0/s1. The molecule has 1 saturated heterocycles. The lowest BCUT2D eigenvalue weighted by Gasteiger charge is -2.11. The van der Waals surface area contributed by atoms with E-state index in [0.29, 0.717) is 13.1 Å². The Labute approximate surface area is 123 Å². The Bertz CT molecular complexity index is 580. The highest BCUT2D eigenvalue weighted by Crippen LogP contribution is 2.10. The normalized spacial score (nSPS) is 18.4. The van der Waals surface area contributed by atoms with E-state index in [4.69, 9.17) is 9.88 Å². The van der Waals surface area contributed by atoms with Gasteiger partial charge < -0.3 is 15.4 Å². The van der Waals surface area contributed by atoms with Crippen LogP contribution in [0.5, 0.6) is 0 Å². The van der Waals surface area contributed by atoms with Crippen LogP contribution in [0.1, 0.15) is 18.4 Å². The highest BCUT2D eigenvalue weighted by molar-refractivity contribution is 7.89. The average Bonchev–Trinajstić information content (AvgIpc) is 2.95. The van der Waals surface area contributed by atoms with E-state index in [9.17, 15) is 13.2 Å². The number of hydrogen-bond donors (Lipinski definition) is 3. The molecule has 1 atom stereocenters. The van der Waals surface area contributed by atoms with Crippen molar-refractivity contribution < 1.29 is 17.9 Å². The van der Waals surface area contributed by atoms with Crippen molar-refractivity contribution >= 4 is 16.1 Å². The molecule has 1 aliphatic heterocycles. The molecule has 0 unspecified atom stereocenters. The zero-order chi connectivity index (χ0) is 15.3. The number of primary sulfonamides is 1. The van der Waals surface area contributed by atoms with E-state index in [1.807, 2.05) is 0 Å². The Morgan fingerprint density at radius 3 is 2.57 bits per heavy atom. The van der Waals surface area contributed by atoms with Crippen LogP contribution >= 0.6 is 0 Å². The van der Waals surface area contributed by atoms with Gasteiger partial charge in [0.15, 0.2) is 0 Å². The van der Waals surface area contributed by atoms with Gasteiger partial charge in [-0.15, -0.1) is 0 Å². The molecule has 2 rings (SSSR count). The van der Waals surface area contributed by atoms with E-state index in [0.717, 1.165) is 25.0 Å². The fourth-order valence-corrected chi connectivity index (χ4v) is 2.57. The lowest BCUT2D eigenvalue weighted by molar-refractivity contribution is 0.111. The molecule has 2 amide bonds. The second-order valence-electron chi connectivity index (χ2n) is 4.89. The predicted molar refractivity (Wildman–Crippen MR) is 77.0 cm³/mol. The van der Waals surface area contributed by atoms with Crippen LogP contribution in [0.25, 0.3) is 0 Å². The maximum Gasteiger partial charge on any atom is 0.315 e. The van der Waals surface area contributed by atoms with Gasteiger partial charge in [-0.1, -0.05) is 12.1 Å². The van der Waals surface area contributed by atoms with Gasteiger partial charge in [-0.05, 0) is 30.5 Å². The van der Waals surface area contributed by atoms with Crippen molar-refractivity contribution in [1.29, 1.82) is 0 Å². The summed E-state index contributed by atoms with van der Waals surface area (Å²) in [5, 5.41) is 10.4. The Kier molecular flexibility index (Phi) is 5.16. The molecule has 1 aromatic carbocycles. The zero-order valence-corrected chi connectivity index (χ0v) is 12.4. The molecule has 1 aromatic rings. The number of hydrogen-bond acceptors (Lipinski definition) is 4. The second kappa shape index (κ2) is 6.88. The first-order valence-corrected chi connectivity index (χ1v) is 8.25. The van der Waals surface area contributed by atoms with Crippen molar-refractivity contribution in [3.05, 3.63) is 29.8 Å². The van der Waals surface area contributed by atoms with Crippen molar-refractivity contribution in [2.75, 3.05) is 13.2 Å². The van der Waals surface area contributed by atoms with Crippen LogP contribution in [0.3, 0.4) is 0 Å². The molecule has 0 saturated carbocycles. The zero-order valence-electron chi connectivity index (χ0n) is 11.5. The lowest BCUT2D eigenvalue weighted by atomic mass is 10.2. The lowest BCUT2D eigenvalue weighted by Crippen LogP contribution is -2.39. The van der Waals surface area contributed by atoms with E-state index >= 15 is 0 Å². The second-order valence-corrected chi connectivity index (χ2v) is 6.45. The number of sulfonamides is 1. The molecular weight excluding hydrogens is 294 g/mol. The van der Waals surface area contributed by atoms with Gasteiger partial charge in [-0.25, -0.2) is 18.4 Å². The summed E-state index contributed by atoms with van der Waals surface area (Å²) in [6, 6.07) is 5.77. The topological polar surface area (TPSA) is 111 Å². The molecular formula is C13H19N3O4S. The van der Waals surface area contributed by atoms with Crippen molar-refractivity contribution in [2.24, 2.45) is 5.14 Å². The summed E-state index contributed by atoms with van der Waals surface area (Å²) in [5.41, 5.74) is 0.787. The highest BCUT2D eigenvalue weighted by Gasteiger charge is 2.15. The molecule has 4 N–H and O–H groups in total. The van der Waals surface area contributed by atoms with Gasteiger partial charge >= 0.3 is 6.03 Å². The number of urea groups is 1. The summed E-state index contributed by atoms with van der Waals surface area (Å²) < 4.78 is 27.6. The minimum atomic E-state index is -3.68. The number of amides is 2. The largest absolute Gasteiger partial charge is 0.376 e. The van der Waals surface area contributed by atoms with Crippen LogP contribution in [0.15, 0.2) is 29.2 Å². The molecule has 7 nitrogen and oxygen atoms in total. The van der Waals surface area contributed by atoms with Gasteiger partial charge in [0.1, 0.15) is 0 Å². The van der Waals surface area contributed by atoms with Crippen LogP contribution < -0.4 is 15.8 Å². The number of nitrogens with two attached hydrogens (primary N) is 1. The van der Waals surface area contributed by atoms with Crippen LogP contribution in [0.4, 0.5) is 4.79 Å². The molecule has 0 aliphatic carbocycles. The molecule has 0 spiro atoms.